The van der Waals surface area contributed by atoms with Crippen LogP contribution in [0.3, 0.4) is 0 Å². The first kappa shape index (κ1) is 28.2. The molecule has 0 unspecified atom stereocenters. The molecule has 0 aliphatic carbocycles. The lowest BCUT2D eigenvalue weighted by Crippen LogP contribution is -2.33. The number of ether oxygens (including phenoxy) is 1. The highest BCUT2D eigenvalue weighted by Gasteiger charge is 2.29. The van der Waals surface area contributed by atoms with Gasteiger partial charge >= 0.3 is 0 Å². The van der Waals surface area contributed by atoms with Crippen LogP contribution in [-0.4, -0.2) is 51.3 Å². The van der Waals surface area contributed by atoms with Crippen molar-refractivity contribution in [2.75, 3.05) is 11.8 Å². The average molecular weight is 565 g/mol. The molecule has 0 radical (unpaired) electrons. The summed E-state index contributed by atoms with van der Waals surface area (Å²) in [4.78, 5) is 42.4. The summed E-state index contributed by atoms with van der Waals surface area (Å²) in [7, 11) is -2.22. The molecule has 2 aromatic heterocycles. The number of ketones is 1. The second kappa shape index (κ2) is 10.8. The molecule has 0 saturated heterocycles. The number of sulfonamides is 1. The molecule has 1 amide bonds. The van der Waals surface area contributed by atoms with E-state index in [0.29, 0.717) is 17.0 Å². The summed E-state index contributed by atoms with van der Waals surface area (Å²) in [5.74, 6) is -0.750. The molecule has 0 saturated carbocycles. The lowest BCUT2D eigenvalue weighted by atomic mass is 10.1. The number of hydrogen-bond acceptors (Lipinski definition) is 8. The van der Waals surface area contributed by atoms with Crippen molar-refractivity contribution in [1.29, 1.82) is 0 Å². The van der Waals surface area contributed by atoms with Gasteiger partial charge in [0.05, 0.1) is 41.8 Å². The van der Waals surface area contributed by atoms with Gasteiger partial charge in [-0.25, -0.2) is 18.1 Å². The normalized spacial score (nSPS) is 11.7. The van der Waals surface area contributed by atoms with Crippen LogP contribution in [0.4, 0.5) is 5.69 Å². The average Bonchev–Trinajstić information content (AvgIpc) is 3.36. The van der Waals surface area contributed by atoms with Crippen molar-refractivity contribution >= 4 is 27.4 Å². The molecule has 2 aromatic carbocycles. The molecule has 12 nitrogen and oxygen atoms in total. The molecular weight excluding hydrogens is 536 g/mol. The van der Waals surface area contributed by atoms with Crippen LogP contribution in [0.15, 0.2) is 71.8 Å². The van der Waals surface area contributed by atoms with Crippen LogP contribution >= 0.6 is 0 Å². The Hall–Kier alpha value is -4.78. The number of anilines is 1. The van der Waals surface area contributed by atoms with Crippen LogP contribution in [0.1, 0.15) is 41.7 Å². The third-order valence-electron chi connectivity index (χ3n) is 6.01. The van der Waals surface area contributed by atoms with E-state index < -0.39 is 38.6 Å². The number of nitrogens with zero attached hydrogens (tertiary/aromatic N) is 4. The van der Waals surface area contributed by atoms with Crippen LogP contribution in [0, 0.1) is 0 Å². The number of nitrogens with two attached hydrogens (primary N) is 1. The third-order valence-corrected chi connectivity index (χ3v) is 8.11. The van der Waals surface area contributed by atoms with Crippen molar-refractivity contribution in [2.24, 2.45) is 5.73 Å². The zero-order valence-corrected chi connectivity index (χ0v) is 23.1. The minimum absolute atomic E-state index is 0.0388. The van der Waals surface area contributed by atoms with Crippen LogP contribution < -0.4 is 20.8 Å². The number of aromatic nitrogens is 4. The largest absolute Gasteiger partial charge is 0.497 e. The van der Waals surface area contributed by atoms with E-state index in [2.05, 4.69) is 14.8 Å². The van der Waals surface area contributed by atoms with Gasteiger partial charge in [0.2, 0.25) is 15.8 Å². The maximum atomic E-state index is 13.3. The summed E-state index contributed by atoms with van der Waals surface area (Å²) in [6, 6.07) is 15.7. The predicted octanol–water partition coefficient (Wildman–Crippen LogP) is 2.63. The van der Waals surface area contributed by atoms with Crippen LogP contribution in [0.5, 0.6) is 5.75 Å². The summed E-state index contributed by atoms with van der Waals surface area (Å²) in [5, 5.41) is 4.15. The molecule has 0 aliphatic heterocycles. The minimum atomic E-state index is -3.74. The molecule has 0 spiro atoms. The fourth-order valence-corrected chi connectivity index (χ4v) is 4.42. The Bertz CT molecular complexity index is 1750. The van der Waals surface area contributed by atoms with Gasteiger partial charge in [0.25, 0.3) is 11.5 Å². The summed E-state index contributed by atoms with van der Waals surface area (Å²) in [6.07, 6.45) is 1.20. The molecule has 3 N–H and O–H groups in total. The van der Waals surface area contributed by atoms with Crippen molar-refractivity contribution in [3.8, 4) is 22.7 Å². The summed E-state index contributed by atoms with van der Waals surface area (Å²) in [5.41, 5.74) is 6.13. The van der Waals surface area contributed by atoms with E-state index in [1.165, 1.54) is 30.3 Å². The Morgan fingerprint density at radius 3 is 2.33 bits per heavy atom. The summed E-state index contributed by atoms with van der Waals surface area (Å²) in [6.45, 7) is 4.31. The second-order valence-electron chi connectivity index (χ2n) is 9.82. The van der Waals surface area contributed by atoms with Crippen molar-refractivity contribution in [1.82, 2.24) is 19.3 Å². The fraction of sp³-hybridized carbons (Fsp3) is 0.222. The van der Waals surface area contributed by atoms with Crippen molar-refractivity contribution in [2.45, 2.75) is 32.1 Å². The van der Waals surface area contributed by atoms with Gasteiger partial charge in [-0.3, -0.25) is 23.7 Å². The van der Waals surface area contributed by atoms with Crippen molar-refractivity contribution in [3.63, 3.8) is 0 Å². The molecule has 4 rings (SSSR count). The molecule has 208 valence electrons. The summed E-state index contributed by atoms with van der Waals surface area (Å²) >= 11 is 0. The number of primary amides is 1. The molecule has 4 aromatic rings. The lowest BCUT2D eigenvalue weighted by Gasteiger charge is -2.21. The number of nitrogens with one attached hydrogen (secondary N) is 1. The molecule has 0 fully saturated rings. The van der Waals surface area contributed by atoms with Gasteiger partial charge in [-0.1, -0.05) is 18.2 Å². The number of carbonyl (C=O) groups is 2. The maximum Gasteiger partial charge on any atom is 0.269 e. The lowest BCUT2D eigenvalue weighted by molar-refractivity contribution is 0.0961. The molecule has 0 atom stereocenters. The first-order chi connectivity index (χ1) is 18.8. The number of methoxy groups -OCH3 is 1. The number of hydrogen-bond donors (Lipinski definition) is 2. The highest BCUT2D eigenvalue weighted by atomic mass is 32.2. The molecular formula is C27H28N6O6S. The predicted molar refractivity (Wildman–Crippen MR) is 149 cm³/mol. The van der Waals surface area contributed by atoms with E-state index in [1.54, 1.807) is 69.3 Å². The second-order valence-corrected chi connectivity index (χ2v) is 12.3. The number of para-hydroxylation sites is 1. The molecule has 13 heteroatoms. The summed E-state index contributed by atoms with van der Waals surface area (Å²) < 4.78 is 34.5. The van der Waals surface area contributed by atoms with Gasteiger partial charge in [-0.2, -0.15) is 5.10 Å². The minimum Gasteiger partial charge on any atom is -0.497 e. The Morgan fingerprint density at radius 1 is 1.05 bits per heavy atom. The van der Waals surface area contributed by atoms with Gasteiger partial charge in [0.1, 0.15) is 11.4 Å². The monoisotopic (exact) mass is 564 g/mol. The topological polar surface area (TPSA) is 168 Å². The Morgan fingerprint density at radius 2 is 1.73 bits per heavy atom. The number of carbonyl (C=O) groups excluding carboxylic acids is 2. The van der Waals surface area contributed by atoms with E-state index in [-0.39, 0.29) is 22.8 Å². The molecule has 40 heavy (non-hydrogen) atoms. The number of amides is 1. The van der Waals surface area contributed by atoms with E-state index in [9.17, 15) is 22.8 Å². The number of benzene rings is 2. The van der Waals surface area contributed by atoms with Gasteiger partial charge < -0.3 is 10.5 Å². The first-order valence-electron chi connectivity index (χ1n) is 12.1. The van der Waals surface area contributed by atoms with Crippen LogP contribution in [0.25, 0.3) is 16.9 Å². The highest BCUT2D eigenvalue weighted by molar-refractivity contribution is 7.94. The van der Waals surface area contributed by atoms with E-state index in [0.717, 1.165) is 4.57 Å². The zero-order valence-electron chi connectivity index (χ0n) is 22.3. The van der Waals surface area contributed by atoms with Crippen molar-refractivity contribution in [3.05, 3.63) is 88.7 Å². The fourth-order valence-electron chi connectivity index (χ4n) is 3.64. The van der Waals surface area contributed by atoms with E-state index in [4.69, 9.17) is 10.5 Å². The molecule has 0 aliphatic rings. The Balaban J connectivity index is 1.65. The Kier molecular flexibility index (Phi) is 7.60. The van der Waals surface area contributed by atoms with Crippen LogP contribution in [-0.2, 0) is 16.6 Å². The Labute approximate surface area is 230 Å². The number of Topliss-reactive ketones (excluding diaryl/α,β-unsaturated/α-hetero) is 1. The third kappa shape index (κ3) is 5.78. The van der Waals surface area contributed by atoms with Gasteiger partial charge in [-0.05, 0) is 51.1 Å². The molecule has 0 bridgehead atoms. The first-order valence-corrected chi connectivity index (χ1v) is 13.5. The van der Waals surface area contributed by atoms with Gasteiger partial charge in [-0.15, -0.1) is 0 Å². The zero-order chi connectivity index (χ0) is 29.2. The standard InChI is InChI=1S/C27H28N6O6S/c1-27(2,3)40(37,38)31-20-8-6-5-7-19(20)21-14-25(35)32(16-29-21)15-24(34)23-13-22(26(28)36)30-33(23)17-9-11-18(39-4)12-10-17/h5-14,16,31H,15H2,1-4H3,(H2,28,36). The molecule has 2 heterocycles. The maximum absolute atomic E-state index is 13.3. The highest BCUT2D eigenvalue weighted by Crippen LogP contribution is 2.28. The van der Waals surface area contributed by atoms with Gasteiger partial charge in [0.15, 0.2) is 5.69 Å². The smallest absolute Gasteiger partial charge is 0.269 e. The SMILES string of the molecule is COc1ccc(-n2nc(C(N)=O)cc2C(=O)Cn2cnc(-c3ccccc3NS(=O)(=O)C(C)(C)C)cc2=O)cc1. The van der Waals surface area contributed by atoms with E-state index >= 15 is 0 Å². The van der Waals surface area contributed by atoms with E-state index in [1.807, 2.05) is 0 Å². The van der Waals surface area contributed by atoms with Gasteiger partial charge in [0, 0.05) is 17.7 Å². The van der Waals surface area contributed by atoms with Crippen molar-refractivity contribution < 1.29 is 22.7 Å². The number of rotatable bonds is 9. The quantitative estimate of drug-likeness (QED) is 0.292. The van der Waals surface area contributed by atoms with Crippen LogP contribution in [0.2, 0.25) is 0 Å².